The van der Waals surface area contributed by atoms with Crippen molar-refractivity contribution in [2.45, 2.75) is 6.92 Å². The lowest BCUT2D eigenvalue weighted by molar-refractivity contribution is -0.383. The molecule has 0 radical (unpaired) electrons. The summed E-state index contributed by atoms with van der Waals surface area (Å²) in [5, 5.41) is 11.0. The normalized spacial score (nSPS) is 10.2. The Morgan fingerprint density at radius 3 is 2.59 bits per heavy atom. The van der Waals surface area contributed by atoms with E-state index < -0.39 is 4.92 Å². The summed E-state index contributed by atoms with van der Waals surface area (Å²) in [5.74, 6) is -0.0678. The maximum absolute atomic E-state index is 11.0. The summed E-state index contributed by atoms with van der Waals surface area (Å²) in [5.41, 5.74) is 7.22. The lowest BCUT2D eigenvalue weighted by Gasteiger charge is -2.06. The number of pyridine rings is 2. The number of rotatable bonds is 2. The van der Waals surface area contributed by atoms with Crippen LogP contribution in [0.3, 0.4) is 0 Å². The highest BCUT2D eigenvalue weighted by molar-refractivity contribution is 5.79. The van der Waals surface area contributed by atoms with E-state index >= 15 is 0 Å². The smallest absolute Gasteiger partial charge is 0.318 e. The first-order valence-corrected chi connectivity index (χ1v) is 4.91. The molecule has 0 aromatic carbocycles. The Balaban J connectivity index is 2.72. The Morgan fingerprint density at radius 1 is 1.35 bits per heavy atom. The number of anilines is 1. The van der Waals surface area contributed by atoms with Gasteiger partial charge in [-0.25, -0.2) is 4.98 Å². The summed E-state index contributed by atoms with van der Waals surface area (Å²) in [6, 6.07) is 5.03. The second-order valence-electron chi connectivity index (χ2n) is 3.54. The molecule has 2 aromatic heterocycles. The molecule has 0 amide bonds. The molecule has 0 unspecified atom stereocenters. The molecule has 6 heteroatoms. The molecule has 2 aromatic rings. The SMILES string of the molecule is Cc1cc(-c2ccncc2)c([N+](=O)[O-])c(N)n1. The minimum atomic E-state index is -0.516. The summed E-state index contributed by atoms with van der Waals surface area (Å²) >= 11 is 0. The predicted octanol–water partition coefficient (Wildman–Crippen LogP) is 1.94. The highest BCUT2D eigenvalue weighted by Crippen LogP contribution is 2.33. The second kappa shape index (κ2) is 4.17. The predicted molar refractivity (Wildman–Crippen MR) is 63.3 cm³/mol. The van der Waals surface area contributed by atoms with Crippen LogP contribution in [0.4, 0.5) is 11.5 Å². The lowest BCUT2D eigenvalue weighted by atomic mass is 10.1. The Labute approximate surface area is 97.3 Å². The largest absolute Gasteiger partial charge is 0.378 e. The molecule has 0 saturated heterocycles. The maximum atomic E-state index is 11.0. The highest BCUT2D eigenvalue weighted by Gasteiger charge is 2.21. The molecule has 0 atom stereocenters. The summed E-state index contributed by atoms with van der Waals surface area (Å²) in [6.45, 7) is 1.74. The van der Waals surface area contributed by atoms with Gasteiger partial charge >= 0.3 is 5.69 Å². The Morgan fingerprint density at radius 2 is 2.00 bits per heavy atom. The van der Waals surface area contributed by atoms with Crippen molar-refractivity contribution in [2.24, 2.45) is 0 Å². The number of nitrogen functional groups attached to an aromatic ring is 1. The monoisotopic (exact) mass is 230 g/mol. The first-order chi connectivity index (χ1) is 8.09. The fraction of sp³-hybridized carbons (Fsp3) is 0.0909. The van der Waals surface area contributed by atoms with Crippen molar-refractivity contribution in [1.82, 2.24) is 9.97 Å². The van der Waals surface area contributed by atoms with Crippen LogP contribution in [-0.2, 0) is 0 Å². The molecule has 86 valence electrons. The lowest BCUT2D eigenvalue weighted by Crippen LogP contribution is -2.02. The van der Waals surface area contributed by atoms with E-state index in [1.165, 1.54) is 0 Å². The molecule has 0 spiro atoms. The number of aromatic nitrogens is 2. The summed E-state index contributed by atoms with van der Waals surface area (Å²) in [7, 11) is 0. The molecule has 2 heterocycles. The average Bonchev–Trinajstić information content (AvgIpc) is 2.28. The van der Waals surface area contributed by atoms with Gasteiger partial charge in [0.05, 0.1) is 10.5 Å². The zero-order valence-electron chi connectivity index (χ0n) is 9.12. The first kappa shape index (κ1) is 11.0. The van der Waals surface area contributed by atoms with E-state index in [-0.39, 0.29) is 11.5 Å². The van der Waals surface area contributed by atoms with Gasteiger partial charge in [-0.15, -0.1) is 0 Å². The van der Waals surface area contributed by atoms with Crippen LogP contribution in [0.15, 0.2) is 30.6 Å². The van der Waals surface area contributed by atoms with Crippen molar-refractivity contribution in [2.75, 3.05) is 5.73 Å². The van der Waals surface area contributed by atoms with Gasteiger partial charge in [-0.3, -0.25) is 15.1 Å². The fourth-order valence-corrected chi connectivity index (χ4v) is 1.63. The molecule has 0 aliphatic rings. The quantitative estimate of drug-likeness (QED) is 0.628. The van der Waals surface area contributed by atoms with Gasteiger partial charge in [0.2, 0.25) is 5.82 Å². The van der Waals surface area contributed by atoms with E-state index in [0.717, 1.165) is 0 Å². The van der Waals surface area contributed by atoms with Crippen LogP contribution in [0.25, 0.3) is 11.1 Å². The summed E-state index contributed by atoms with van der Waals surface area (Å²) in [4.78, 5) is 18.3. The molecule has 2 N–H and O–H groups in total. The third kappa shape index (κ3) is 2.05. The Kier molecular flexibility index (Phi) is 2.70. The topological polar surface area (TPSA) is 94.9 Å². The fourth-order valence-electron chi connectivity index (χ4n) is 1.63. The van der Waals surface area contributed by atoms with Crippen LogP contribution in [0.5, 0.6) is 0 Å². The summed E-state index contributed by atoms with van der Waals surface area (Å²) < 4.78 is 0. The first-order valence-electron chi connectivity index (χ1n) is 4.91. The molecule has 0 aliphatic carbocycles. The van der Waals surface area contributed by atoms with Gasteiger partial charge in [0.1, 0.15) is 0 Å². The minimum Gasteiger partial charge on any atom is -0.378 e. The van der Waals surface area contributed by atoms with Gasteiger partial charge in [-0.2, -0.15) is 0 Å². The van der Waals surface area contributed by atoms with Crippen molar-refractivity contribution < 1.29 is 4.92 Å². The average molecular weight is 230 g/mol. The molecule has 0 aliphatic heterocycles. The zero-order valence-corrected chi connectivity index (χ0v) is 9.12. The van der Waals surface area contributed by atoms with Gasteiger partial charge in [0.15, 0.2) is 0 Å². The number of hydrogen-bond acceptors (Lipinski definition) is 5. The molecule has 0 fully saturated rings. The van der Waals surface area contributed by atoms with Crippen LogP contribution < -0.4 is 5.73 Å². The van der Waals surface area contributed by atoms with Crippen molar-refractivity contribution in [3.8, 4) is 11.1 Å². The number of nitrogens with zero attached hydrogens (tertiary/aromatic N) is 3. The number of nitro groups is 1. The highest BCUT2D eigenvalue weighted by atomic mass is 16.6. The van der Waals surface area contributed by atoms with Crippen molar-refractivity contribution in [3.05, 3.63) is 46.4 Å². The number of hydrogen-bond donors (Lipinski definition) is 1. The molecular formula is C11H10N4O2. The molecule has 6 nitrogen and oxygen atoms in total. The van der Waals surface area contributed by atoms with Crippen molar-refractivity contribution in [1.29, 1.82) is 0 Å². The van der Waals surface area contributed by atoms with Crippen molar-refractivity contribution >= 4 is 11.5 Å². The minimum absolute atomic E-state index is 0.0678. The van der Waals surface area contributed by atoms with E-state index in [9.17, 15) is 10.1 Å². The number of nitrogens with two attached hydrogens (primary N) is 1. The van der Waals surface area contributed by atoms with E-state index in [0.29, 0.717) is 16.8 Å². The van der Waals surface area contributed by atoms with Gasteiger partial charge in [-0.05, 0) is 30.7 Å². The van der Waals surface area contributed by atoms with E-state index in [4.69, 9.17) is 5.73 Å². The molecule has 0 bridgehead atoms. The Hall–Kier alpha value is -2.50. The third-order valence-corrected chi connectivity index (χ3v) is 2.32. The van der Waals surface area contributed by atoms with E-state index in [1.807, 2.05) is 0 Å². The second-order valence-corrected chi connectivity index (χ2v) is 3.54. The van der Waals surface area contributed by atoms with Crippen LogP contribution in [0, 0.1) is 17.0 Å². The molecular weight excluding hydrogens is 220 g/mol. The molecule has 0 saturated carbocycles. The van der Waals surface area contributed by atoms with E-state index in [1.54, 1.807) is 37.5 Å². The standard InChI is InChI=1S/C11H10N4O2/c1-7-6-9(8-2-4-13-5-3-8)10(15(16)17)11(12)14-7/h2-6H,1H3,(H2,12,14). The van der Waals surface area contributed by atoms with Gasteiger partial charge in [-0.1, -0.05) is 0 Å². The molecule has 17 heavy (non-hydrogen) atoms. The Bertz CT molecular complexity index is 569. The van der Waals surface area contributed by atoms with E-state index in [2.05, 4.69) is 9.97 Å². The number of aryl methyl sites for hydroxylation is 1. The van der Waals surface area contributed by atoms with Crippen LogP contribution in [0.1, 0.15) is 5.69 Å². The van der Waals surface area contributed by atoms with Crippen molar-refractivity contribution in [3.63, 3.8) is 0 Å². The van der Waals surface area contributed by atoms with Crippen LogP contribution in [-0.4, -0.2) is 14.9 Å². The van der Waals surface area contributed by atoms with Crippen LogP contribution in [0.2, 0.25) is 0 Å². The summed E-state index contributed by atoms with van der Waals surface area (Å²) in [6.07, 6.45) is 3.15. The zero-order chi connectivity index (χ0) is 12.4. The molecule has 2 rings (SSSR count). The van der Waals surface area contributed by atoms with Gasteiger partial charge in [0.25, 0.3) is 0 Å². The van der Waals surface area contributed by atoms with Gasteiger partial charge in [0, 0.05) is 18.1 Å². The third-order valence-electron chi connectivity index (χ3n) is 2.32. The van der Waals surface area contributed by atoms with Gasteiger partial charge < -0.3 is 5.73 Å². The van der Waals surface area contributed by atoms with Crippen LogP contribution >= 0.6 is 0 Å². The maximum Gasteiger partial charge on any atom is 0.318 e.